The van der Waals surface area contributed by atoms with Gasteiger partial charge < -0.3 is 4.90 Å². The van der Waals surface area contributed by atoms with E-state index in [1.807, 2.05) is 0 Å². The topological polar surface area (TPSA) is 3.24 Å². The van der Waals surface area contributed by atoms with Crippen LogP contribution in [-0.4, -0.2) is 24.0 Å². The molecule has 1 heteroatoms. The van der Waals surface area contributed by atoms with Gasteiger partial charge in [0.15, 0.2) is 0 Å². The van der Waals surface area contributed by atoms with Gasteiger partial charge in [0.2, 0.25) is 0 Å². The summed E-state index contributed by atoms with van der Waals surface area (Å²) in [5, 5.41) is 0. The van der Waals surface area contributed by atoms with Gasteiger partial charge in [0.1, 0.15) is 0 Å². The van der Waals surface area contributed by atoms with Gasteiger partial charge >= 0.3 is 0 Å². The lowest BCUT2D eigenvalue weighted by molar-refractivity contribution is 0.157. The standard InChI is InChI=1S/C16H33N/c1-3-4-5-6-7-8-9-11-14-17-15-12-10-13-16(17)2/h16H,3-15H2,1-2H3. The first-order valence-electron chi connectivity index (χ1n) is 8.08. The summed E-state index contributed by atoms with van der Waals surface area (Å²) in [7, 11) is 0. The zero-order valence-electron chi connectivity index (χ0n) is 12.2. The Morgan fingerprint density at radius 2 is 1.53 bits per heavy atom. The number of likely N-dealkylation sites (tertiary alicyclic amines) is 1. The van der Waals surface area contributed by atoms with E-state index < -0.39 is 0 Å². The lowest BCUT2D eigenvalue weighted by Crippen LogP contribution is -2.37. The van der Waals surface area contributed by atoms with E-state index in [2.05, 4.69) is 18.7 Å². The minimum atomic E-state index is 0.855. The van der Waals surface area contributed by atoms with Crippen LogP contribution in [0.5, 0.6) is 0 Å². The van der Waals surface area contributed by atoms with Gasteiger partial charge in [-0.05, 0) is 39.3 Å². The van der Waals surface area contributed by atoms with Gasteiger partial charge in [0.25, 0.3) is 0 Å². The van der Waals surface area contributed by atoms with E-state index in [1.165, 1.54) is 83.7 Å². The minimum absolute atomic E-state index is 0.855. The molecule has 0 bridgehead atoms. The highest BCUT2D eigenvalue weighted by Gasteiger charge is 2.16. The van der Waals surface area contributed by atoms with Crippen molar-refractivity contribution in [1.82, 2.24) is 4.90 Å². The molecular weight excluding hydrogens is 206 g/mol. The molecule has 0 aromatic rings. The highest BCUT2D eigenvalue weighted by atomic mass is 15.1. The Morgan fingerprint density at radius 1 is 0.882 bits per heavy atom. The van der Waals surface area contributed by atoms with Crippen molar-refractivity contribution in [2.45, 2.75) is 90.5 Å². The Hall–Kier alpha value is -0.0400. The van der Waals surface area contributed by atoms with E-state index in [-0.39, 0.29) is 0 Å². The number of rotatable bonds is 9. The van der Waals surface area contributed by atoms with Gasteiger partial charge in [-0.15, -0.1) is 0 Å². The fourth-order valence-corrected chi connectivity index (χ4v) is 2.94. The van der Waals surface area contributed by atoms with Crippen molar-refractivity contribution in [2.75, 3.05) is 13.1 Å². The average Bonchev–Trinajstić information content (AvgIpc) is 2.35. The van der Waals surface area contributed by atoms with Gasteiger partial charge in [-0.2, -0.15) is 0 Å². The van der Waals surface area contributed by atoms with Crippen LogP contribution in [0.4, 0.5) is 0 Å². The molecule has 1 fully saturated rings. The van der Waals surface area contributed by atoms with Crippen LogP contribution in [0.25, 0.3) is 0 Å². The van der Waals surface area contributed by atoms with E-state index in [4.69, 9.17) is 0 Å². The number of hydrogen-bond donors (Lipinski definition) is 0. The van der Waals surface area contributed by atoms with E-state index in [9.17, 15) is 0 Å². The molecular formula is C16H33N. The van der Waals surface area contributed by atoms with Crippen LogP contribution in [0.1, 0.15) is 84.5 Å². The number of unbranched alkanes of at least 4 members (excludes halogenated alkanes) is 7. The van der Waals surface area contributed by atoms with E-state index in [0.29, 0.717) is 0 Å². The maximum absolute atomic E-state index is 2.71. The molecule has 102 valence electrons. The monoisotopic (exact) mass is 239 g/mol. The second kappa shape index (κ2) is 9.94. The predicted molar refractivity (Wildman–Crippen MR) is 77.5 cm³/mol. The molecule has 0 aromatic carbocycles. The molecule has 1 rings (SSSR count). The smallest absolute Gasteiger partial charge is 0.00669 e. The molecule has 0 amide bonds. The van der Waals surface area contributed by atoms with Crippen molar-refractivity contribution in [3.63, 3.8) is 0 Å². The van der Waals surface area contributed by atoms with Crippen molar-refractivity contribution in [3.8, 4) is 0 Å². The third-order valence-corrected chi connectivity index (χ3v) is 4.24. The van der Waals surface area contributed by atoms with Crippen molar-refractivity contribution in [2.24, 2.45) is 0 Å². The van der Waals surface area contributed by atoms with E-state index in [0.717, 1.165) is 6.04 Å². The molecule has 0 aliphatic carbocycles. The zero-order valence-corrected chi connectivity index (χ0v) is 12.2. The van der Waals surface area contributed by atoms with Crippen molar-refractivity contribution >= 4 is 0 Å². The van der Waals surface area contributed by atoms with Crippen molar-refractivity contribution < 1.29 is 0 Å². The molecule has 1 saturated heterocycles. The maximum Gasteiger partial charge on any atom is 0.00669 e. The number of nitrogens with zero attached hydrogens (tertiary/aromatic N) is 1. The van der Waals surface area contributed by atoms with Crippen LogP contribution >= 0.6 is 0 Å². The summed E-state index contributed by atoms with van der Waals surface area (Å²) >= 11 is 0. The summed E-state index contributed by atoms with van der Waals surface area (Å²) in [6.07, 6.45) is 15.9. The Balaban J connectivity index is 1.86. The average molecular weight is 239 g/mol. The first kappa shape index (κ1) is 15.0. The third kappa shape index (κ3) is 7.08. The lowest BCUT2D eigenvalue weighted by Gasteiger charge is -2.33. The second-order valence-electron chi connectivity index (χ2n) is 5.86. The Labute approximate surface area is 109 Å². The van der Waals surface area contributed by atoms with Crippen LogP contribution in [0, 0.1) is 0 Å². The highest BCUT2D eigenvalue weighted by Crippen LogP contribution is 2.17. The van der Waals surface area contributed by atoms with Gasteiger partial charge in [-0.25, -0.2) is 0 Å². The normalized spacial score (nSPS) is 21.9. The number of hydrogen-bond acceptors (Lipinski definition) is 1. The first-order valence-corrected chi connectivity index (χ1v) is 8.08. The molecule has 0 N–H and O–H groups in total. The molecule has 0 spiro atoms. The largest absolute Gasteiger partial charge is 0.301 e. The summed E-state index contributed by atoms with van der Waals surface area (Å²) in [6.45, 7) is 7.41. The minimum Gasteiger partial charge on any atom is -0.301 e. The molecule has 1 aliphatic heterocycles. The summed E-state index contributed by atoms with van der Waals surface area (Å²) in [6, 6.07) is 0.855. The van der Waals surface area contributed by atoms with Crippen molar-refractivity contribution in [1.29, 1.82) is 0 Å². The van der Waals surface area contributed by atoms with Crippen LogP contribution in [-0.2, 0) is 0 Å². The van der Waals surface area contributed by atoms with Gasteiger partial charge in [0.05, 0.1) is 0 Å². The molecule has 1 atom stereocenters. The first-order chi connectivity index (χ1) is 8.34. The van der Waals surface area contributed by atoms with Gasteiger partial charge in [0, 0.05) is 6.04 Å². The SMILES string of the molecule is CCCCCCCCCCN1CCCCC1C. The Morgan fingerprint density at radius 3 is 2.18 bits per heavy atom. The molecule has 0 radical (unpaired) electrons. The van der Waals surface area contributed by atoms with Crippen LogP contribution in [0.15, 0.2) is 0 Å². The van der Waals surface area contributed by atoms with E-state index in [1.54, 1.807) is 0 Å². The summed E-state index contributed by atoms with van der Waals surface area (Å²) in [5.74, 6) is 0. The van der Waals surface area contributed by atoms with Gasteiger partial charge in [-0.1, -0.05) is 58.3 Å². The second-order valence-corrected chi connectivity index (χ2v) is 5.86. The fraction of sp³-hybridized carbons (Fsp3) is 1.00. The molecule has 1 aliphatic rings. The molecule has 17 heavy (non-hydrogen) atoms. The molecule has 1 nitrogen and oxygen atoms in total. The van der Waals surface area contributed by atoms with E-state index >= 15 is 0 Å². The Bertz CT molecular complexity index is 167. The zero-order chi connectivity index (χ0) is 12.3. The van der Waals surface area contributed by atoms with Crippen LogP contribution in [0.3, 0.4) is 0 Å². The predicted octanol–water partition coefficient (Wildman–Crippen LogP) is 5.00. The molecule has 1 heterocycles. The highest BCUT2D eigenvalue weighted by molar-refractivity contribution is 4.72. The number of piperidine rings is 1. The fourth-order valence-electron chi connectivity index (χ4n) is 2.94. The maximum atomic E-state index is 2.71. The van der Waals surface area contributed by atoms with Crippen LogP contribution in [0.2, 0.25) is 0 Å². The third-order valence-electron chi connectivity index (χ3n) is 4.24. The summed E-state index contributed by atoms with van der Waals surface area (Å²) < 4.78 is 0. The summed E-state index contributed by atoms with van der Waals surface area (Å²) in [5.41, 5.74) is 0. The molecule has 0 saturated carbocycles. The Kier molecular flexibility index (Phi) is 8.78. The summed E-state index contributed by atoms with van der Waals surface area (Å²) in [4.78, 5) is 2.71. The van der Waals surface area contributed by atoms with Crippen molar-refractivity contribution in [3.05, 3.63) is 0 Å². The molecule has 1 unspecified atom stereocenters. The van der Waals surface area contributed by atoms with Crippen LogP contribution < -0.4 is 0 Å². The lowest BCUT2D eigenvalue weighted by atomic mass is 10.0. The molecule has 0 aromatic heterocycles. The van der Waals surface area contributed by atoms with Gasteiger partial charge in [-0.3, -0.25) is 0 Å². The quantitative estimate of drug-likeness (QED) is 0.512.